The molecule has 1 fully saturated rings. The molecule has 1 saturated heterocycles. The number of hydrogen-bond donors (Lipinski definition) is 1. The van der Waals surface area contributed by atoms with Gasteiger partial charge in [0.1, 0.15) is 0 Å². The van der Waals surface area contributed by atoms with Gasteiger partial charge in [-0.25, -0.2) is 0 Å². The summed E-state index contributed by atoms with van der Waals surface area (Å²) >= 11 is 0. The molecule has 0 aromatic rings. The van der Waals surface area contributed by atoms with E-state index in [1.165, 1.54) is 6.92 Å². The number of nitrogens with zero attached hydrogens (tertiary/aromatic N) is 1. The quantitative estimate of drug-likeness (QED) is 0.696. The molecule has 1 aliphatic rings. The molecule has 1 atom stereocenters. The van der Waals surface area contributed by atoms with Crippen molar-refractivity contribution in [2.45, 2.75) is 45.2 Å². The highest BCUT2D eigenvalue weighted by molar-refractivity contribution is 6.35. The van der Waals surface area contributed by atoms with Gasteiger partial charge in [0.25, 0.3) is 5.91 Å². The minimum absolute atomic E-state index is 0.154. The van der Waals surface area contributed by atoms with Crippen molar-refractivity contribution in [1.29, 1.82) is 0 Å². The zero-order valence-corrected chi connectivity index (χ0v) is 9.96. The largest absolute Gasteiger partial charge is 0.327 e. The van der Waals surface area contributed by atoms with Gasteiger partial charge >= 0.3 is 0 Å². The van der Waals surface area contributed by atoms with E-state index >= 15 is 0 Å². The lowest BCUT2D eigenvalue weighted by Gasteiger charge is -2.35. The molecule has 1 rings (SSSR count). The summed E-state index contributed by atoms with van der Waals surface area (Å²) in [6.45, 7) is 6.13. The Morgan fingerprint density at radius 3 is 2.53 bits per heavy atom. The van der Waals surface area contributed by atoms with Crippen molar-refractivity contribution in [3.8, 4) is 0 Å². The highest BCUT2D eigenvalue weighted by atomic mass is 16.2. The molecule has 15 heavy (non-hydrogen) atoms. The van der Waals surface area contributed by atoms with Gasteiger partial charge in [0.15, 0.2) is 0 Å². The number of likely N-dealkylation sites (N-methyl/N-ethyl adjacent to an activating group) is 1. The van der Waals surface area contributed by atoms with Crippen LogP contribution in [0, 0.1) is 0 Å². The molecule has 1 heterocycles. The zero-order valence-electron chi connectivity index (χ0n) is 9.96. The Balaban J connectivity index is 2.86. The molecule has 1 unspecified atom stereocenters. The predicted molar refractivity (Wildman–Crippen MR) is 58.6 cm³/mol. The highest BCUT2D eigenvalue weighted by Gasteiger charge is 2.42. The lowest BCUT2D eigenvalue weighted by atomic mass is 10.0. The van der Waals surface area contributed by atoms with Gasteiger partial charge in [-0.2, -0.15) is 0 Å². The summed E-state index contributed by atoms with van der Waals surface area (Å²) in [6, 6.07) is 0.154. The maximum Gasteiger partial charge on any atom is 0.290 e. The van der Waals surface area contributed by atoms with Crippen molar-refractivity contribution in [2.75, 3.05) is 13.6 Å². The van der Waals surface area contributed by atoms with Crippen LogP contribution in [0.3, 0.4) is 0 Å². The van der Waals surface area contributed by atoms with Crippen LogP contribution in [0.25, 0.3) is 0 Å². The number of nitrogens with one attached hydrogen (secondary N) is 1. The fourth-order valence-corrected chi connectivity index (χ4v) is 2.30. The third-order valence-electron chi connectivity index (χ3n) is 3.07. The lowest BCUT2D eigenvalue weighted by molar-refractivity contribution is -0.147. The van der Waals surface area contributed by atoms with E-state index in [-0.39, 0.29) is 23.3 Å². The van der Waals surface area contributed by atoms with E-state index in [0.717, 1.165) is 19.4 Å². The van der Waals surface area contributed by atoms with Crippen LogP contribution in [-0.2, 0) is 9.59 Å². The van der Waals surface area contributed by atoms with Crippen LogP contribution in [-0.4, -0.2) is 41.8 Å². The second-order valence-electron chi connectivity index (χ2n) is 4.79. The molecule has 0 radical (unpaired) electrons. The van der Waals surface area contributed by atoms with E-state index in [9.17, 15) is 9.59 Å². The van der Waals surface area contributed by atoms with Crippen molar-refractivity contribution < 1.29 is 9.59 Å². The van der Waals surface area contributed by atoms with Gasteiger partial charge in [-0.3, -0.25) is 9.59 Å². The molecular formula is C11H20N2O2. The first-order valence-electron chi connectivity index (χ1n) is 5.39. The van der Waals surface area contributed by atoms with E-state index < -0.39 is 0 Å². The molecule has 0 aromatic heterocycles. The molecule has 4 heteroatoms. The second-order valence-corrected chi connectivity index (χ2v) is 4.79. The molecule has 0 bridgehead atoms. The number of rotatable bonds is 3. The summed E-state index contributed by atoms with van der Waals surface area (Å²) in [7, 11) is 1.86. The fraction of sp³-hybridized carbons (Fsp3) is 0.818. The van der Waals surface area contributed by atoms with Gasteiger partial charge in [-0.15, -0.1) is 0 Å². The first kappa shape index (κ1) is 12.2. The van der Waals surface area contributed by atoms with E-state index in [4.69, 9.17) is 0 Å². The maximum absolute atomic E-state index is 11.8. The third-order valence-corrected chi connectivity index (χ3v) is 3.07. The van der Waals surface area contributed by atoms with Crippen LogP contribution < -0.4 is 5.32 Å². The Bertz CT molecular complexity index is 274. The van der Waals surface area contributed by atoms with Crippen molar-refractivity contribution in [2.24, 2.45) is 0 Å². The van der Waals surface area contributed by atoms with E-state index in [2.05, 4.69) is 5.32 Å². The van der Waals surface area contributed by atoms with E-state index in [1.54, 1.807) is 4.90 Å². The van der Waals surface area contributed by atoms with Crippen molar-refractivity contribution in [3.05, 3.63) is 0 Å². The summed E-state index contributed by atoms with van der Waals surface area (Å²) in [5.74, 6) is -0.719. The topological polar surface area (TPSA) is 49.4 Å². The lowest BCUT2D eigenvalue weighted by Crippen LogP contribution is -2.51. The Morgan fingerprint density at radius 2 is 2.07 bits per heavy atom. The van der Waals surface area contributed by atoms with Crippen molar-refractivity contribution >= 4 is 11.7 Å². The van der Waals surface area contributed by atoms with Gasteiger partial charge < -0.3 is 10.2 Å². The van der Waals surface area contributed by atoms with Crippen LogP contribution in [0.15, 0.2) is 0 Å². The molecule has 1 amide bonds. The monoisotopic (exact) mass is 212 g/mol. The second kappa shape index (κ2) is 4.31. The van der Waals surface area contributed by atoms with Gasteiger partial charge in [-0.1, -0.05) is 0 Å². The summed E-state index contributed by atoms with van der Waals surface area (Å²) in [4.78, 5) is 24.7. The number of ketones is 1. The minimum Gasteiger partial charge on any atom is -0.327 e. The number of carbonyl (C=O) groups excluding carboxylic acids is 2. The van der Waals surface area contributed by atoms with Crippen LogP contribution >= 0.6 is 0 Å². The first-order valence-corrected chi connectivity index (χ1v) is 5.39. The van der Waals surface area contributed by atoms with Crippen LogP contribution in [0.5, 0.6) is 0 Å². The first-order chi connectivity index (χ1) is 6.90. The Kier molecular flexibility index (Phi) is 3.50. The summed E-state index contributed by atoms with van der Waals surface area (Å²) < 4.78 is 0. The average Bonchev–Trinajstić information content (AvgIpc) is 2.41. The fourth-order valence-electron chi connectivity index (χ4n) is 2.30. The molecule has 0 aromatic carbocycles. The maximum atomic E-state index is 11.8. The number of carbonyl (C=O) groups is 2. The molecule has 1 N–H and O–H groups in total. The normalized spacial score (nSPS) is 24.3. The number of amides is 1. The molecule has 0 spiro atoms. The zero-order chi connectivity index (χ0) is 11.6. The van der Waals surface area contributed by atoms with Gasteiger partial charge in [0.2, 0.25) is 5.78 Å². The Hall–Kier alpha value is -0.900. The Labute approximate surface area is 91.0 Å². The molecule has 1 aliphatic heterocycles. The standard InChI is InChI=1S/C11H20N2O2/c1-8(14)10(15)13-9(7-12-4)5-6-11(13,2)3/h9,12H,5-7H2,1-4H3. The number of likely N-dealkylation sites (tertiary alicyclic amines) is 1. The summed E-state index contributed by atoms with van der Waals surface area (Å²) in [6.07, 6.45) is 1.92. The van der Waals surface area contributed by atoms with Gasteiger partial charge in [0, 0.05) is 25.0 Å². The summed E-state index contributed by atoms with van der Waals surface area (Å²) in [5, 5.41) is 3.07. The molecule has 4 nitrogen and oxygen atoms in total. The SMILES string of the molecule is CNCC1CCC(C)(C)N1C(=O)C(C)=O. The third kappa shape index (κ3) is 2.37. The predicted octanol–water partition coefficient (Wildman–Crippen LogP) is 0.564. The summed E-state index contributed by atoms with van der Waals surface area (Å²) in [5.41, 5.74) is -0.190. The molecular weight excluding hydrogens is 192 g/mol. The van der Waals surface area contributed by atoms with Gasteiger partial charge in [0.05, 0.1) is 0 Å². The average molecular weight is 212 g/mol. The van der Waals surface area contributed by atoms with Crippen molar-refractivity contribution in [3.63, 3.8) is 0 Å². The van der Waals surface area contributed by atoms with Crippen LogP contribution in [0.2, 0.25) is 0 Å². The van der Waals surface area contributed by atoms with Gasteiger partial charge in [-0.05, 0) is 33.7 Å². The van der Waals surface area contributed by atoms with E-state index in [0.29, 0.717) is 0 Å². The van der Waals surface area contributed by atoms with Crippen LogP contribution in [0.1, 0.15) is 33.6 Å². The smallest absolute Gasteiger partial charge is 0.290 e. The van der Waals surface area contributed by atoms with Crippen LogP contribution in [0.4, 0.5) is 0 Å². The highest BCUT2D eigenvalue weighted by Crippen LogP contribution is 2.33. The molecule has 0 aliphatic carbocycles. The molecule has 86 valence electrons. The van der Waals surface area contributed by atoms with Crippen molar-refractivity contribution in [1.82, 2.24) is 10.2 Å². The Morgan fingerprint density at radius 1 is 1.47 bits per heavy atom. The van der Waals surface area contributed by atoms with E-state index in [1.807, 2.05) is 20.9 Å². The number of hydrogen-bond acceptors (Lipinski definition) is 3. The molecule has 0 saturated carbocycles. The minimum atomic E-state index is -0.369. The number of Topliss-reactive ketones (excluding diaryl/α,β-unsaturated/α-hetero) is 1.